The molecule has 0 radical (unpaired) electrons. The van der Waals surface area contributed by atoms with Gasteiger partial charge in [-0.1, -0.05) is 22.6 Å². The Labute approximate surface area is 74.4 Å². The highest BCUT2D eigenvalue weighted by molar-refractivity contribution is 14.1. The minimum absolute atomic E-state index is 0.0512. The molecule has 0 aromatic heterocycles. The molecule has 0 amide bonds. The standard InChI is InChI=1S/C6H12INO2/c1-4(3-8)10-6(9)5(2)7/h4-5H,3,8H2,1-2H3/p+1. The van der Waals surface area contributed by atoms with Gasteiger partial charge < -0.3 is 10.5 Å². The SMILES string of the molecule is CC(C[NH3+])OC(=O)C(C)I. The molecule has 0 aromatic rings. The summed E-state index contributed by atoms with van der Waals surface area (Å²) in [6.45, 7) is 4.28. The van der Waals surface area contributed by atoms with Crippen LogP contribution in [0.25, 0.3) is 0 Å². The minimum atomic E-state index is -0.156. The van der Waals surface area contributed by atoms with Crippen molar-refractivity contribution in [1.82, 2.24) is 0 Å². The summed E-state index contributed by atoms with van der Waals surface area (Å²) in [5.74, 6) is -0.156. The lowest BCUT2D eigenvalue weighted by Gasteiger charge is -2.09. The summed E-state index contributed by atoms with van der Waals surface area (Å²) in [4.78, 5) is 10.9. The predicted octanol–water partition coefficient (Wildman–Crippen LogP) is -0.0165. The van der Waals surface area contributed by atoms with Crippen LogP contribution < -0.4 is 5.73 Å². The van der Waals surface area contributed by atoms with Crippen molar-refractivity contribution in [2.45, 2.75) is 23.9 Å². The van der Waals surface area contributed by atoms with Gasteiger partial charge in [-0.25, -0.2) is 0 Å². The van der Waals surface area contributed by atoms with E-state index in [1.807, 2.05) is 29.5 Å². The van der Waals surface area contributed by atoms with E-state index in [1.54, 1.807) is 6.92 Å². The average Bonchev–Trinajstić information content (AvgIpc) is 1.87. The molecule has 0 aliphatic heterocycles. The second kappa shape index (κ2) is 4.90. The first-order valence-electron chi connectivity index (χ1n) is 3.21. The van der Waals surface area contributed by atoms with Crippen LogP contribution in [0.3, 0.4) is 0 Å². The number of carbonyl (C=O) groups is 1. The maximum absolute atomic E-state index is 10.9. The van der Waals surface area contributed by atoms with Crippen LogP contribution in [-0.4, -0.2) is 22.5 Å². The van der Waals surface area contributed by atoms with Gasteiger partial charge in [0.25, 0.3) is 0 Å². The second-order valence-electron chi connectivity index (χ2n) is 2.15. The first kappa shape index (κ1) is 10.2. The molecule has 0 aliphatic carbocycles. The van der Waals surface area contributed by atoms with E-state index in [-0.39, 0.29) is 16.0 Å². The van der Waals surface area contributed by atoms with Crippen molar-refractivity contribution in [3.63, 3.8) is 0 Å². The zero-order valence-corrected chi connectivity index (χ0v) is 8.42. The van der Waals surface area contributed by atoms with E-state index in [0.29, 0.717) is 6.54 Å². The molecule has 4 heteroatoms. The quantitative estimate of drug-likeness (QED) is 0.439. The van der Waals surface area contributed by atoms with E-state index >= 15 is 0 Å². The van der Waals surface area contributed by atoms with Crippen LogP contribution in [0.1, 0.15) is 13.8 Å². The lowest BCUT2D eigenvalue weighted by Crippen LogP contribution is -2.56. The summed E-state index contributed by atoms with van der Waals surface area (Å²) in [6, 6.07) is 0. The normalized spacial score (nSPS) is 16.0. The fourth-order valence-electron chi connectivity index (χ4n) is 0.351. The third kappa shape index (κ3) is 4.05. The molecular weight excluding hydrogens is 245 g/mol. The molecule has 2 atom stereocenters. The van der Waals surface area contributed by atoms with E-state index in [0.717, 1.165) is 0 Å². The first-order valence-corrected chi connectivity index (χ1v) is 4.46. The fourth-order valence-corrected chi connectivity index (χ4v) is 0.498. The highest BCUT2D eigenvalue weighted by Crippen LogP contribution is 2.02. The Hall–Kier alpha value is 0.160. The van der Waals surface area contributed by atoms with Crippen molar-refractivity contribution in [2.75, 3.05) is 6.54 Å². The number of carbonyl (C=O) groups excluding carboxylic acids is 1. The maximum Gasteiger partial charge on any atom is 0.319 e. The first-order chi connectivity index (χ1) is 4.57. The third-order valence-corrected chi connectivity index (χ3v) is 1.56. The average molecular weight is 258 g/mol. The van der Waals surface area contributed by atoms with Crippen LogP contribution in [0, 0.1) is 0 Å². The highest BCUT2D eigenvalue weighted by atomic mass is 127. The van der Waals surface area contributed by atoms with Crippen molar-refractivity contribution in [3.8, 4) is 0 Å². The minimum Gasteiger partial charge on any atom is -0.456 e. The van der Waals surface area contributed by atoms with Crippen molar-refractivity contribution in [2.24, 2.45) is 0 Å². The smallest absolute Gasteiger partial charge is 0.319 e. The fraction of sp³-hybridized carbons (Fsp3) is 0.833. The number of hydrogen-bond acceptors (Lipinski definition) is 2. The van der Waals surface area contributed by atoms with E-state index in [9.17, 15) is 4.79 Å². The molecule has 0 spiro atoms. The van der Waals surface area contributed by atoms with Crippen LogP contribution >= 0.6 is 22.6 Å². The number of halogens is 1. The molecule has 0 saturated carbocycles. The van der Waals surface area contributed by atoms with Crippen molar-refractivity contribution >= 4 is 28.6 Å². The van der Waals surface area contributed by atoms with E-state index in [2.05, 4.69) is 5.73 Å². The molecule has 0 heterocycles. The van der Waals surface area contributed by atoms with E-state index < -0.39 is 0 Å². The van der Waals surface area contributed by atoms with Gasteiger partial charge in [0.05, 0.1) is 0 Å². The van der Waals surface area contributed by atoms with Gasteiger partial charge in [0.2, 0.25) is 0 Å². The van der Waals surface area contributed by atoms with Crippen LogP contribution in [0.5, 0.6) is 0 Å². The molecule has 0 aliphatic rings. The summed E-state index contributed by atoms with van der Waals surface area (Å²) < 4.78 is 4.89. The zero-order valence-electron chi connectivity index (χ0n) is 6.26. The molecule has 0 rings (SSSR count). The van der Waals surface area contributed by atoms with Crippen LogP contribution in [0.4, 0.5) is 0 Å². The lowest BCUT2D eigenvalue weighted by molar-refractivity contribution is -0.382. The van der Waals surface area contributed by atoms with Crippen LogP contribution in [0.15, 0.2) is 0 Å². The summed E-state index contributed by atoms with van der Waals surface area (Å²) in [7, 11) is 0. The Kier molecular flexibility index (Phi) is 4.98. The molecule has 10 heavy (non-hydrogen) atoms. The van der Waals surface area contributed by atoms with Crippen molar-refractivity contribution in [1.29, 1.82) is 0 Å². The van der Waals surface area contributed by atoms with Gasteiger partial charge in [-0.15, -0.1) is 0 Å². The molecule has 0 saturated heterocycles. The van der Waals surface area contributed by atoms with Gasteiger partial charge in [0, 0.05) is 0 Å². The maximum atomic E-state index is 10.9. The molecule has 0 fully saturated rings. The predicted molar refractivity (Wildman–Crippen MR) is 46.8 cm³/mol. The zero-order chi connectivity index (χ0) is 8.15. The summed E-state index contributed by atoms with van der Waals surface area (Å²) >= 11 is 2.02. The van der Waals surface area contributed by atoms with E-state index in [4.69, 9.17) is 4.74 Å². The summed E-state index contributed by atoms with van der Waals surface area (Å²) in [5, 5.41) is 0. The summed E-state index contributed by atoms with van der Waals surface area (Å²) in [5.41, 5.74) is 3.62. The molecule has 3 nitrogen and oxygen atoms in total. The molecule has 2 unspecified atom stereocenters. The second-order valence-corrected chi connectivity index (χ2v) is 4.02. The Balaban J connectivity index is 3.57. The molecule has 0 bridgehead atoms. The van der Waals surface area contributed by atoms with Gasteiger partial charge in [0.1, 0.15) is 16.6 Å². The van der Waals surface area contributed by atoms with Crippen molar-refractivity contribution < 1.29 is 15.3 Å². The number of hydrogen-bond donors (Lipinski definition) is 1. The number of rotatable bonds is 3. The number of ether oxygens (including phenoxy) is 1. The molecular formula is C6H13INO2+. The highest BCUT2D eigenvalue weighted by Gasteiger charge is 2.13. The molecule has 0 aromatic carbocycles. The molecule has 3 N–H and O–H groups in total. The number of esters is 1. The van der Waals surface area contributed by atoms with Crippen LogP contribution in [0.2, 0.25) is 0 Å². The Morgan fingerprint density at radius 1 is 1.70 bits per heavy atom. The van der Waals surface area contributed by atoms with Gasteiger partial charge in [0.15, 0.2) is 0 Å². The van der Waals surface area contributed by atoms with Gasteiger partial charge in [-0.3, -0.25) is 4.79 Å². The Morgan fingerprint density at radius 3 is 2.50 bits per heavy atom. The topological polar surface area (TPSA) is 53.9 Å². The monoisotopic (exact) mass is 258 g/mol. The van der Waals surface area contributed by atoms with Crippen LogP contribution in [-0.2, 0) is 9.53 Å². The summed E-state index contributed by atoms with van der Waals surface area (Å²) in [6.07, 6.45) is -0.0512. The molecule has 60 valence electrons. The van der Waals surface area contributed by atoms with Crippen molar-refractivity contribution in [3.05, 3.63) is 0 Å². The Bertz CT molecular complexity index is 116. The van der Waals surface area contributed by atoms with Gasteiger partial charge in [-0.2, -0.15) is 0 Å². The van der Waals surface area contributed by atoms with Gasteiger partial charge >= 0.3 is 5.97 Å². The third-order valence-electron chi connectivity index (χ3n) is 1.05. The largest absolute Gasteiger partial charge is 0.456 e. The lowest BCUT2D eigenvalue weighted by atomic mass is 10.4. The van der Waals surface area contributed by atoms with E-state index in [1.165, 1.54) is 0 Å². The number of quaternary nitrogens is 1. The van der Waals surface area contributed by atoms with Gasteiger partial charge in [-0.05, 0) is 13.8 Å². The Morgan fingerprint density at radius 2 is 2.20 bits per heavy atom. The number of alkyl halides is 1.